The zero-order valence-electron chi connectivity index (χ0n) is 19.3. The molecule has 0 atom stereocenters. The van der Waals surface area contributed by atoms with Crippen LogP contribution in [-0.4, -0.2) is 20.2 Å². The summed E-state index contributed by atoms with van der Waals surface area (Å²) in [5, 5.41) is 2.53. The van der Waals surface area contributed by atoms with Gasteiger partial charge in [-0.3, -0.25) is 9.59 Å². The molecule has 4 aromatic carbocycles. The van der Waals surface area contributed by atoms with Gasteiger partial charge in [-0.2, -0.15) is 0 Å². The van der Waals surface area contributed by atoms with Crippen molar-refractivity contribution in [1.82, 2.24) is 10.0 Å². The quantitative estimate of drug-likeness (QED) is 0.269. The minimum absolute atomic E-state index is 0.0781. The van der Waals surface area contributed by atoms with E-state index < -0.39 is 21.8 Å². The van der Waals surface area contributed by atoms with E-state index in [9.17, 15) is 18.0 Å². The largest absolute Gasteiger partial charge is 0.456 e. The summed E-state index contributed by atoms with van der Waals surface area (Å²) in [6, 6.07) is 29.9. The molecule has 2 N–H and O–H groups in total. The SMILES string of the molecule is O=C(NS(=O)(=O)c1ccccc1)/C(=C\c1ccc(Oc2ccccc2Br)cc1)NC(=O)c1ccccc1. The maximum Gasteiger partial charge on any atom is 0.281 e. The average Bonchev–Trinajstić information content (AvgIpc) is 2.91. The molecule has 7 nitrogen and oxygen atoms in total. The summed E-state index contributed by atoms with van der Waals surface area (Å²) >= 11 is 3.43. The van der Waals surface area contributed by atoms with Crippen LogP contribution in [0.5, 0.6) is 11.5 Å². The van der Waals surface area contributed by atoms with E-state index in [0.717, 1.165) is 4.47 Å². The predicted molar refractivity (Wildman–Crippen MR) is 144 cm³/mol. The number of carbonyl (C=O) groups excluding carboxylic acids is 2. The van der Waals surface area contributed by atoms with Crippen molar-refractivity contribution in [2.45, 2.75) is 4.90 Å². The lowest BCUT2D eigenvalue weighted by Gasteiger charge is -2.12. The number of hydrogen-bond acceptors (Lipinski definition) is 5. The molecular formula is C28H21BrN2O5S. The van der Waals surface area contributed by atoms with Crippen LogP contribution in [0.3, 0.4) is 0 Å². The number of sulfonamides is 1. The molecule has 2 amide bonds. The molecular weight excluding hydrogens is 556 g/mol. The number of ether oxygens (including phenoxy) is 1. The zero-order chi connectivity index (χ0) is 26.3. The molecule has 0 aliphatic rings. The van der Waals surface area contributed by atoms with Crippen molar-refractivity contribution in [1.29, 1.82) is 0 Å². The van der Waals surface area contributed by atoms with E-state index in [0.29, 0.717) is 22.6 Å². The van der Waals surface area contributed by atoms with Crippen LogP contribution >= 0.6 is 15.9 Å². The number of benzene rings is 4. The summed E-state index contributed by atoms with van der Waals surface area (Å²) in [5.74, 6) is -0.364. The van der Waals surface area contributed by atoms with Gasteiger partial charge in [0.15, 0.2) is 0 Å². The summed E-state index contributed by atoms with van der Waals surface area (Å²) in [6.45, 7) is 0. The van der Waals surface area contributed by atoms with E-state index in [4.69, 9.17) is 4.74 Å². The van der Waals surface area contributed by atoms with Crippen LogP contribution in [0.15, 0.2) is 124 Å². The van der Waals surface area contributed by atoms with Crippen LogP contribution in [0, 0.1) is 0 Å². The van der Waals surface area contributed by atoms with Crippen molar-refractivity contribution in [2.24, 2.45) is 0 Å². The van der Waals surface area contributed by atoms with Crippen LogP contribution in [-0.2, 0) is 14.8 Å². The normalized spacial score (nSPS) is 11.4. The van der Waals surface area contributed by atoms with Crippen LogP contribution < -0.4 is 14.8 Å². The van der Waals surface area contributed by atoms with Gasteiger partial charge in [0.2, 0.25) is 0 Å². The Hall–Kier alpha value is -4.21. The van der Waals surface area contributed by atoms with E-state index >= 15 is 0 Å². The molecule has 0 heterocycles. The minimum atomic E-state index is -4.16. The van der Waals surface area contributed by atoms with Gasteiger partial charge < -0.3 is 10.1 Å². The monoisotopic (exact) mass is 576 g/mol. The molecule has 4 aromatic rings. The third-order valence-electron chi connectivity index (χ3n) is 5.06. The molecule has 37 heavy (non-hydrogen) atoms. The maximum absolute atomic E-state index is 13.0. The van der Waals surface area contributed by atoms with Gasteiger partial charge in [0.05, 0.1) is 9.37 Å². The van der Waals surface area contributed by atoms with Crippen molar-refractivity contribution in [3.63, 3.8) is 0 Å². The Labute approximate surface area is 223 Å². The van der Waals surface area contributed by atoms with Gasteiger partial charge in [-0.1, -0.05) is 60.7 Å². The van der Waals surface area contributed by atoms with Gasteiger partial charge in [-0.15, -0.1) is 0 Å². The van der Waals surface area contributed by atoms with Crippen LogP contribution in [0.1, 0.15) is 15.9 Å². The minimum Gasteiger partial charge on any atom is -0.456 e. The highest BCUT2D eigenvalue weighted by atomic mass is 79.9. The molecule has 0 saturated heterocycles. The molecule has 0 spiro atoms. The van der Waals surface area contributed by atoms with Crippen molar-refractivity contribution in [3.05, 3.63) is 130 Å². The van der Waals surface area contributed by atoms with Gasteiger partial charge in [0.25, 0.3) is 21.8 Å². The smallest absolute Gasteiger partial charge is 0.281 e. The second-order valence-corrected chi connectivity index (χ2v) is 10.3. The molecule has 9 heteroatoms. The van der Waals surface area contributed by atoms with Crippen molar-refractivity contribution < 1.29 is 22.7 Å². The van der Waals surface area contributed by atoms with E-state index in [1.165, 1.54) is 18.2 Å². The first-order chi connectivity index (χ1) is 17.8. The molecule has 0 saturated carbocycles. The zero-order valence-corrected chi connectivity index (χ0v) is 21.7. The first-order valence-electron chi connectivity index (χ1n) is 11.0. The molecule has 0 aliphatic heterocycles. The second kappa shape index (κ2) is 11.7. The highest BCUT2D eigenvalue weighted by Crippen LogP contribution is 2.29. The first-order valence-corrected chi connectivity index (χ1v) is 13.3. The molecule has 0 radical (unpaired) electrons. The van der Waals surface area contributed by atoms with Gasteiger partial charge in [-0.05, 0) is 76.1 Å². The van der Waals surface area contributed by atoms with Crippen molar-refractivity contribution in [3.8, 4) is 11.5 Å². The van der Waals surface area contributed by atoms with E-state index in [2.05, 4.69) is 21.2 Å². The fourth-order valence-electron chi connectivity index (χ4n) is 3.23. The summed E-state index contributed by atoms with van der Waals surface area (Å²) in [6.07, 6.45) is 1.39. The number of halogens is 1. The van der Waals surface area contributed by atoms with Gasteiger partial charge in [-0.25, -0.2) is 13.1 Å². The van der Waals surface area contributed by atoms with Crippen molar-refractivity contribution >= 4 is 43.8 Å². The Morgan fingerprint density at radius 2 is 1.35 bits per heavy atom. The molecule has 4 rings (SSSR count). The van der Waals surface area contributed by atoms with Gasteiger partial charge in [0, 0.05) is 5.56 Å². The third kappa shape index (κ3) is 6.93. The highest BCUT2D eigenvalue weighted by Gasteiger charge is 2.22. The van der Waals surface area contributed by atoms with Crippen LogP contribution in [0.2, 0.25) is 0 Å². The third-order valence-corrected chi connectivity index (χ3v) is 7.07. The van der Waals surface area contributed by atoms with Gasteiger partial charge >= 0.3 is 0 Å². The molecule has 0 unspecified atom stereocenters. The summed E-state index contributed by atoms with van der Waals surface area (Å²) in [4.78, 5) is 25.7. The predicted octanol–water partition coefficient (Wildman–Crippen LogP) is 5.52. The number of para-hydroxylation sites is 1. The summed E-state index contributed by atoms with van der Waals surface area (Å²) in [7, 11) is -4.16. The number of carbonyl (C=O) groups is 2. The van der Waals surface area contributed by atoms with Crippen LogP contribution in [0.4, 0.5) is 0 Å². The highest BCUT2D eigenvalue weighted by molar-refractivity contribution is 9.10. The standard InChI is InChI=1S/C28H21BrN2O5S/c29-24-13-7-8-14-26(24)36-22-17-15-20(16-18-22)19-25(30-27(32)21-9-3-1-4-10-21)28(33)31-37(34,35)23-11-5-2-6-12-23/h1-19H,(H,30,32)(H,31,33)/b25-19+. The lowest BCUT2D eigenvalue weighted by atomic mass is 10.1. The molecule has 0 bridgehead atoms. The maximum atomic E-state index is 13.0. The summed E-state index contributed by atoms with van der Waals surface area (Å²) in [5.41, 5.74) is 0.604. The molecule has 0 aliphatic carbocycles. The first kappa shape index (κ1) is 25.9. The van der Waals surface area contributed by atoms with E-state index in [-0.39, 0.29) is 10.6 Å². The number of nitrogens with one attached hydrogen (secondary N) is 2. The van der Waals surface area contributed by atoms with Crippen molar-refractivity contribution in [2.75, 3.05) is 0 Å². The fourth-order valence-corrected chi connectivity index (χ4v) is 4.58. The Bertz CT molecular complexity index is 1540. The lowest BCUT2D eigenvalue weighted by Crippen LogP contribution is -2.38. The van der Waals surface area contributed by atoms with Crippen LogP contribution in [0.25, 0.3) is 6.08 Å². The van der Waals surface area contributed by atoms with Gasteiger partial charge in [0.1, 0.15) is 17.2 Å². The molecule has 186 valence electrons. The Balaban J connectivity index is 1.60. The Kier molecular flexibility index (Phi) is 8.17. The fraction of sp³-hybridized carbons (Fsp3) is 0. The Morgan fingerprint density at radius 3 is 2.00 bits per heavy atom. The van der Waals surface area contributed by atoms with E-state index in [1.54, 1.807) is 72.8 Å². The number of amides is 2. The number of hydrogen-bond donors (Lipinski definition) is 2. The lowest BCUT2D eigenvalue weighted by molar-refractivity contribution is -0.116. The molecule has 0 aromatic heterocycles. The second-order valence-electron chi connectivity index (χ2n) is 7.73. The Morgan fingerprint density at radius 1 is 0.757 bits per heavy atom. The molecule has 0 fully saturated rings. The topological polar surface area (TPSA) is 102 Å². The summed E-state index contributed by atoms with van der Waals surface area (Å²) < 4.78 is 34.1. The average molecular weight is 577 g/mol. The number of rotatable bonds is 8. The van der Waals surface area contributed by atoms with E-state index in [1.807, 2.05) is 29.0 Å².